The van der Waals surface area contributed by atoms with Crippen molar-refractivity contribution in [3.8, 4) is 11.1 Å². The number of rotatable bonds is 2. The van der Waals surface area contributed by atoms with Crippen LogP contribution >= 0.6 is 0 Å². The molecule has 2 aromatic carbocycles. The Morgan fingerprint density at radius 2 is 1.21 bits per heavy atom. The summed E-state index contributed by atoms with van der Waals surface area (Å²) in [4.78, 5) is 0. The average Bonchev–Trinajstić information content (AvgIpc) is 3.41. The van der Waals surface area contributed by atoms with Crippen LogP contribution in [0.25, 0.3) is 11.1 Å². The fraction of sp³-hybridized carbons (Fsp3) is 0.528. The second-order valence-corrected chi connectivity index (χ2v) is 15.2. The monoisotopic (exact) mass is 639 g/mol. The van der Waals surface area contributed by atoms with Gasteiger partial charge in [-0.15, -0.1) is 12.5 Å². The quantitative estimate of drug-likeness (QED) is 0.429. The fourth-order valence-electron chi connectivity index (χ4n) is 7.02. The van der Waals surface area contributed by atoms with Crippen molar-refractivity contribution in [3.63, 3.8) is 0 Å². The summed E-state index contributed by atoms with van der Waals surface area (Å²) in [6.07, 6.45) is 7.50. The number of allylic oxidation sites excluding steroid dienone is 4. The predicted octanol–water partition coefficient (Wildman–Crippen LogP) is 4.32. The van der Waals surface area contributed by atoms with Crippen LogP contribution in [0.3, 0.4) is 0 Å². The molecule has 0 aromatic heterocycles. The average molecular weight is 642 g/mol. The molecule has 0 fully saturated rings. The van der Waals surface area contributed by atoms with Gasteiger partial charge in [0.1, 0.15) is 0 Å². The van der Waals surface area contributed by atoms with Crippen molar-refractivity contribution in [3.05, 3.63) is 87.9 Å². The van der Waals surface area contributed by atoms with Crippen LogP contribution in [0.4, 0.5) is 0 Å². The van der Waals surface area contributed by atoms with Gasteiger partial charge in [0.05, 0.1) is 0 Å². The molecule has 0 saturated carbocycles. The van der Waals surface area contributed by atoms with E-state index in [0.29, 0.717) is 11.8 Å². The molecule has 0 bridgehead atoms. The van der Waals surface area contributed by atoms with Gasteiger partial charge >= 0.3 is 26.2 Å². The Morgan fingerprint density at radius 3 is 1.59 bits per heavy atom. The summed E-state index contributed by atoms with van der Waals surface area (Å²) >= 11 is 0. The minimum Gasteiger partial charge on any atom is -1.00 e. The van der Waals surface area contributed by atoms with Crippen LogP contribution in [0, 0.1) is 23.2 Å². The molecule has 209 valence electrons. The Morgan fingerprint density at radius 1 is 0.744 bits per heavy atom. The topological polar surface area (TPSA) is 0 Å². The smallest absolute Gasteiger partial charge is 1.00 e. The molecule has 2 aromatic rings. The normalized spacial score (nSPS) is 20.4. The van der Waals surface area contributed by atoms with Crippen LogP contribution in [0.15, 0.2) is 59.2 Å². The van der Waals surface area contributed by atoms with Crippen LogP contribution in [0.2, 0.25) is 0 Å². The summed E-state index contributed by atoms with van der Waals surface area (Å²) in [6, 6.07) is 14.8. The Balaban J connectivity index is 0.00000178. The zero-order valence-corrected chi connectivity index (χ0v) is 29.9. The van der Waals surface area contributed by atoms with E-state index in [-0.39, 0.29) is 72.7 Å². The minimum atomic E-state index is 0. The van der Waals surface area contributed by atoms with Gasteiger partial charge in [-0.3, -0.25) is 0 Å². The van der Waals surface area contributed by atoms with Crippen LogP contribution in [0.1, 0.15) is 117 Å². The maximum Gasteiger partial charge on any atom is 3.00 e. The molecule has 0 spiro atoms. The van der Waals surface area contributed by atoms with Gasteiger partial charge in [0.15, 0.2) is 0 Å². The maximum atomic E-state index is 2.62. The number of fused-ring (bicyclic) bond motifs is 3. The summed E-state index contributed by atoms with van der Waals surface area (Å²) in [5.41, 5.74) is 14.3. The number of hydrogen-bond donors (Lipinski definition) is 0. The fourth-order valence-corrected chi connectivity index (χ4v) is 7.02. The molecule has 1 atom stereocenters. The van der Waals surface area contributed by atoms with Crippen molar-refractivity contribution in [1.29, 1.82) is 0 Å². The molecule has 3 heteroatoms. The zero-order chi connectivity index (χ0) is 26.4. The third-order valence-corrected chi connectivity index (χ3v) is 9.49. The Labute approximate surface area is 270 Å². The van der Waals surface area contributed by atoms with Gasteiger partial charge in [0.2, 0.25) is 0 Å². The van der Waals surface area contributed by atoms with Gasteiger partial charge in [-0.2, -0.15) is 5.57 Å². The van der Waals surface area contributed by atoms with Gasteiger partial charge in [0.25, 0.3) is 0 Å². The molecular weight excluding hydrogens is 595 g/mol. The standard InChI is InChI=1S/C36H47.2ClH.Zr/c1-22(2)36(17-16-23-18-26(21-31(23)36)35(9,10)11)32-29-19-24(33(3,4)5)12-14-27(29)28-15-13-25(20-30(28)32)34(6,7)8;;;/h12-16,19-22,32H,17-18H2,1-11H3;2*1H;/q-1;;;+3/p-2. The Kier molecular flexibility index (Phi) is 9.85. The van der Waals surface area contributed by atoms with E-state index in [2.05, 4.69) is 125 Å². The molecule has 3 aliphatic rings. The summed E-state index contributed by atoms with van der Waals surface area (Å²) in [5.74, 6) is 0.920. The van der Waals surface area contributed by atoms with Crippen molar-refractivity contribution in [2.75, 3.05) is 0 Å². The third-order valence-electron chi connectivity index (χ3n) is 9.49. The second kappa shape index (κ2) is 11.2. The maximum absolute atomic E-state index is 2.62. The van der Waals surface area contributed by atoms with Gasteiger partial charge in [-0.25, -0.2) is 12.0 Å². The zero-order valence-electron chi connectivity index (χ0n) is 25.9. The number of hydrogen-bond acceptors (Lipinski definition) is 0. The molecule has 0 saturated heterocycles. The Bertz CT molecular complexity index is 1230. The van der Waals surface area contributed by atoms with E-state index in [0.717, 1.165) is 12.8 Å². The van der Waals surface area contributed by atoms with Gasteiger partial charge in [-0.1, -0.05) is 129 Å². The van der Waals surface area contributed by atoms with Crippen LogP contribution in [-0.4, -0.2) is 0 Å². The molecule has 0 amide bonds. The van der Waals surface area contributed by atoms with Crippen LogP contribution < -0.4 is 24.8 Å². The molecule has 5 rings (SSSR count). The first-order valence-electron chi connectivity index (χ1n) is 14.1. The molecule has 0 heterocycles. The van der Waals surface area contributed by atoms with Crippen molar-refractivity contribution in [2.24, 2.45) is 16.7 Å². The van der Waals surface area contributed by atoms with Crippen LogP contribution in [0.5, 0.6) is 0 Å². The van der Waals surface area contributed by atoms with Gasteiger partial charge in [0, 0.05) is 5.92 Å². The van der Waals surface area contributed by atoms with Crippen molar-refractivity contribution in [1.82, 2.24) is 0 Å². The molecule has 1 unspecified atom stereocenters. The molecule has 3 aliphatic carbocycles. The number of benzene rings is 2. The summed E-state index contributed by atoms with van der Waals surface area (Å²) in [7, 11) is 0. The van der Waals surface area contributed by atoms with Crippen molar-refractivity contribution >= 4 is 0 Å². The van der Waals surface area contributed by atoms with Crippen LogP contribution in [-0.2, 0) is 37.0 Å². The van der Waals surface area contributed by atoms with Crippen molar-refractivity contribution in [2.45, 2.75) is 106 Å². The molecular formula is C36H47Cl2Zr. The summed E-state index contributed by atoms with van der Waals surface area (Å²) in [6.45, 7) is 26.2. The SMILES string of the molecule is CC(C)C1(C2c3cc(C(C)(C)C)ccc3-c3ccc(C(C)(C)C)cc32)C[CH-]C2=C1C=C(C(C)(C)C)C2.[Cl-].[Cl-].[Zr+3]. The third kappa shape index (κ3) is 5.56. The van der Waals surface area contributed by atoms with E-state index in [1.165, 1.54) is 22.3 Å². The predicted molar refractivity (Wildman–Crippen MR) is 156 cm³/mol. The van der Waals surface area contributed by atoms with E-state index in [9.17, 15) is 0 Å². The van der Waals surface area contributed by atoms with E-state index >= 15 is 0 Å². The minimum absolute atomic E-state index is 0. The first-order valence-corrected chi connectivity index (χ1v) is 14.1. The molecule has 1 radical (unpaired) electrons. The van der Waals surface area contributed by atoms with E-state index in [1.807, 2.05) is 0 Å². The van der Waals surface area contributed by atoms with Gasteiger partial charge in [-0.05, 0) is 56.0 Å². The van der Waals surface area contributed by atoms with Gasteiger partial charge < -0.3 is 24.8 Å². The Hall–Kier alpha value is -0.747. The molecule has 0 N–H and O–H groups in total. The summed E-state index contributed by atoms with van der Waals surface area (Å²) < 4.78 is 0. The molecule has 0 nitrogen and oxygen atoms in total. The van der Waals surface area contributed by atoms with E-state index in [1.54, 1.807) is 27.8 Å². The summed E-state index contributed by atoms with van der Waals surface area (Å²) in [5, 5.41) is 0. The molecule has 39 heavy (non-hydrogen) atoms. The van der Waals surface area contributed by atoms with E-state index < -0.39 is 0 Å². The largest absolute Gasteiger partial charge is 3.00 e. The van der Waals surface area contributed by atoms with E-state index in [4.69, 9.17) is 0 Å². The second-order valence-electron chi connectivity index (χ2n) is 15.2. The number of halogens is 2. The first kappa shape index (κ1) is 34.5. The first-order chi connectivity index (χ1) is 16.5. The molecule has 0 aliphatic heterocycles. The van der Waals surface area contributed by atoms with Crippen molar-refractivity contribution < 1.29 is 51.0 Å².